The van der Waals surface area contributed by atoms with Gasteiger partial charge in [0.1, 0.15) is 0 Å². The van der Waals surface area contributed by atoms with E-state index in [2.05, 4.69) is 11.4 Å². The normalized spacial score (nSPS) is 12.2. The number of nitrogens with one attached hydrogen (secondary N) is 1. The van der Waals surface area contributed by atoms with E-state index in [1.165, 1.54) is 4.88 Å². The summed E-state index contributed by atoms with van der Waals surface area (Å²) in [6, 6.07) is 9.15. The van der Waals surface area contributed by atoms with Crippen LogP contribution in [0.25, 0.3) is 0 Å². The molecule has 0 saturated carbocycles. The zero-order chi connectivity index (χ0) is 13.8. The van der Waals surface area contributed by atoms with Crippen LogP contribution < -0.4 is 5.32 Å². The maximum absolute atomic E-state index is 12.1. The van der Waals surface area contributed by atoms with Gasteiger partial charge in [-0.25, -0.2) is 0 Å². The number of halogens is 2. The summed E-state index contributed by atoms with van der Waals surface area (Å²) in [7, 11) is 0. The van der Waals surface area contributed by atoms with Crippen molar-refractivity contribution in [3.8, 4) is 0 Å². The second kappa shape index (κ2) is 6.42. The third-order valence-electron chi connectivity index (χ3n) is 2.66. The lowest BCUT2D eigenvalue weighted by Gasteiger charge is -2.14. The number of rotatable bonds is 4. The molecule has 2 nitrogen and oxygen atoms in total. The SMILES string of the molecule is CC(Cc1cccs1)NC(=O)c1cccc(Cl)c1Cl. The van der Waals surface area contributed by atoms with E-state index in [1.807, 2.05) is 18.4 Å². The van der Waals surface area contributed by atoms with Crippen molar-refractivity contribution in [2.24, 2.45) is 0 Å². The van der Waals surface area contributed by atoms with Gasteiger partial charge in [-0.05, 0) is 30.5 Å². The number of carbonyl (C=O) groups excluding carboxylic acids is 1. The lowest BCUT2D eigenvalue weighted by molar-refractivity contribution is 0.0940. The van der Waals surface area contributed by atoms with Crippen LogP contribution in [0.4, 0.5) is 0 Å². The lowest BCUT2D eigenvalue weighted by Crippen LogP contribution is -2.34. The number of thiophene rings is 1. The first-order chi connectivity index (χ1) is 9.08. The molecule has 1 unspecified atom stereocenters. The fourth-order valence-corrected chi connectivity index (χ4v) is 2.98. The van der Waals surface area contributed by atoms with Gasteiger partial charge in [0.2, 0.25) is 0 Å². The maximum atomic E-state index is 12.1. The fourth-order valence-electron chi connectivity index (χ4n) is 1.76. The van der Waals surface area contributed by atoms with Gasteiger partial charge < -0.3 is 5.32 Å². The molecule has 1 aromatic heterocycles. The molecular formula is C14H13Cl2NOS. The van der Waals surface area contributed by atoms with E-state index >= 15 is 0 Å². The minimum Gasteiger partial charge on any atom is -0.349 e. The average Bonchev–Trinajstić information content (AvgIpc) is 2.85. The average molecular weight is 314 g/mol. The minimum absolute atomic E-state index is 0.0428. The van der Waals surface area contributed by atoms with E-state index in [0.717, 1.165) is 6.42 Å². The first-order valence-corrected chi connectivity index (χ1v) is 7.48. The molecular weight excluding hydrogens is 301 g/mol. The Balaban J connectivity index is 2.02. The summed E-state index contributed by atoms with van der Waals surface area (Å²) < 4.78 is 0. The van der Waals surface area contributed by atoms with Gasteiger partial charge in [0, 0.05) is 17.3 Å². The van der Waals surface area contributed by atoms with Crippen LogP contribution in [0, 0.1) is 0 Å². The van der Waals surface area contributed by atoms with Gasteiger partial charge in [0.25, 0.3) is 5.91 Å². The van der Waals surface area contributed by atoms with Crippen molar-refractivity contribution in [1.82, 2.24) is 5.32 Å². The summed E-state index contributed by atoms with van der Waals surface area (Å²) in [5, 5.41) is 5.64. The van der Waals surface area contributed by atoms with Crippen LogP contribution in [-0.4, -0.2) is 11.9 Å². The molecule has 0 radical (unpaired) electrons. The number of carbonyl (C=O) groups is 1. The van der Waals surface area contributed by atoms with Gasteiger partial charge >= 0.3 is 0 Å². The van der Waals surface area contributed by atoms with Gasteiger partial charge in [-0.1, -0.05) is 35.3 Å². The Kier molecular flexibility index (Phi) is 4.86. The van der Waals surface area contributed by atoms with Crippen LogP contribution in [0.5, 0.6) is 0 Å². The largest absolute Gasteiger partial charge is 0.349 e. The molecule has 0 fully saturated rings. The van der Waals surface area contributed by atoms with E-state index in [0.29, 0.717) is 15.6 Å². The molecule has 0 aliphatic rings. The lowest BCUT2D eigenvalue weighted by atomic mass is 10.1. The van der Waals surface area contributed by atoms with E-state index in [9.17, 15) is 4.79 Å². The van der Waals surface area contributed by atoms with Crippen molar-refractivity contribution in [2.75, 3.05) is 0 Å². The van der Waals surface area contributed by atoms with Crippen molar-refractivity contribution >= 4 is 40.4 Å². The summed E-state index contributed by atoms with van der Waals surface area (Å²) in [4.78, 5) is 13.3. The van der Waals surface area contributed by atoms with Gasteiger partial charge in [-0.15, -0.1) is 11.3 Å². The molecule has 5 heteroatoms. The number of hydrogen-bond acceptors (Lipinski definition) is 2. The van der Waals surface area contributed by atoms with Crippen LogP contribution in [-0.2, 0) is 6.42 Å². The predicted molar refractivity (Wildman–Crippen MR) is 81.4 cm³/mol. The fraction of sp³-hybridized carbons (Fsp3) is 0.214. The topological polar surface area (TPSA) is 29.1 Å². The van der Waals surface area contributed by atoms with Crippen molar-refractivity contribution < 1.29 is 4.79 Å². The molecule has 100 valence electrons. The monoisotopic (exact) mass is 313 g/mol. The Morgan fingerprint density at radius 1 is 1.32 bits per heavy atom. The van der Waals surface area contributed by atoms with Crippen molar-refractivity contribution in [1.29, 1.82) is 0 Å². The molecule has 1 heterocycles. The van der Waals surface area contributed by atoms with Crippen molar-refractivity contribution in [2.45, 2.75) is 19.4 Å². The Bertz CT molecular complexity index is 569. The molecule has 0 saturated heterocycles. The minimum atomic E-state index is -0.198. The van der Waals surface area contributed by atoms with Gasteiger partial charge in [0.05, 0.1) is 15.6 Å². The van der Waals surface area contributed by atoms with Crippen molar-refractivity contribution in [3.63, 3.8) is 0 Å². The van der Waals surface area contributed by atoms with E-state index in [-0.39, 0.29) is 11.9 Å². The highest BCUT2D eigenvalue weighted by atomic mass is 35.5. The molecule has 2 aromatic rings. The third kappa shape index (κ3) is 3.72. The van der Waals surface area contributed by atoms with E-state index in [4.69, 9.17) is 23.2 Å². The highest BCUT2D eigenvalue weighted by Crippen LogP contribution is 2.25. The quantitative estimate of drug-likeness (QED) is 0.889. The maximum Gasteiger partial charge on any atom is 0.253 e. The molecule has 1 N–H and O–H groups in total. The summed E-state index contributed by atoms with van der Waals surface area (Å²) in [6.45, 7) is 1.97. The molecule has 0 aliphatic carbocycles. The molecule has 2 rings (SSSR count). The zero-order valence-corrected chi connectivity index (χ0v) is 12.6. The molecule has 19 heavy (non-hydrogen) atoms. The summed E-state index contributed by atoms with van der Waals surface area (Å²) in [5.74, 6) is -0.198. The summed E-state index contributed by atoms with van der Waals surface area (Å²) in [6.07, 6.45) is 0.807. The van der Waals surface area contributed by atoms with E-state index in [1.54, 1.807) is 29.5 Å². The van der Waals surface area contributed by atoms with Crippen LogP contribution >= 0.6 is 34.5 Å². The van der Waals surface area contributed by atoms with Gasteiger partial charge in [-0.2, -0.15) is 0 Å². The van der Waals surface area contributed by atoms with Gasteiger partial charge in [-0.3, -0.25) is 4.79 Å². The number of amides is 1. The van der Waals surface area contributed by atoms with Crippen LogP contribution in [0.2, 0.25) is 10.0 Å². The van der Waals surface area contributed by atoms with E-state index < -0.39 is 0 Å². The van der Waals surface area contributed by atoms with Crippen LogP contribution in [0.3, 0.4) is 0 Å². The zero-order valence-electron chi connectivity index (χ0n) is 10.3. The standard InChI is InChI=1S/C14H13Cl2NOS/c1-9(8-10-4-3-7-19-10)17-14(18)11-5-2-6-12(15)13(11)16/h2-7,9H,8H2,1H3,(H,17,18). The van der Waals surface area contributed by atoms with Gasteiger partial charge in [0.15, 0.2) is 0 Å². The molecule has 0 aliphatic heterocycles. The highest BCUT2D eigenvalue weighted by Gasteiger charge is 2.15. The molecule has 1 aromatic carbocycles. The number of benzene rings is 1. The number of hydrogen-bond donors (Lipinski definition) is 1. The molecule has 1 atom stereocenters. The van der Waals surface area contributed by atoms with Crippen molar-refractivity contribution in [3.05, 3.63) is 56.2 Å². The van der Waals surface area contributed by atoms with Crippen LogP contribution in [0.15, 0.2) is 35.7 Å². The second-order valence-electron chi connectivity index (χ2n) is 4.26. The predicted octanol–water partition coefficient (Wildman–Crippen LogP) is 4.42. The Morgan fingerprint density at radius 3 is 2.79 bits per heavy atom. The summed E-state index contributed by atoms with van der Waals surface area (Å²) in [5.41, 5.74) is 0.409. The third-order valence-corrected chi connectivity index (χ3v) is 4.38. The molecule has 1 amide bonds. The Labute approximate surface area is 126 Å². The first-order valence-electron chi connectivity index (χ1n) is 5.85. The summed E-state index contributed by atoms with van der Waals surface area (Å²) >= 11 is 13.6. The van der Waals surface area contributed by atoms with Crippen LogP contribution in [0.1, 0.15) is 22.2 Å². The Morgan fingerprint density at radius 2 is 2.11 bits per heavy atom. The molecule has 0 spiro atoms. The highest BCUT2D eigenvalue weighted by molar-refractivity contribution is 7.09. The second-order valence-corrected chi connectivity index (χ2v) is 6.08. The Hall–Kier alpha value is -1.03. The smallest absolute Gasteiger partial charge is 0.253 e. The molecule has 0 bridgehead atoms. The first kappa shape index (κ1) is 14.4.